The molecule has 0 bridgehead atoms. The summed E-state index contributed by atoms with van der Waals surface area (Å²) in [5.41, 5.74) is 2.25. The zero-order valence-corrected chi connectivity index (χ0v) is 23.7. The van der Waals surface area contributed by atoms with E-state index in [9.17, 15) is 9.13 Å². The molecule has 0 N–H and O–H groups in total. The van der Waals surface area contributed by atoms with Crippen molar-refractivity contribution in [1.29, 1.82) is 0 Å². The van der Waals surface area contributed by atoms with Crippen LogP contribution >= 0.6 is 15.2 Å². The average molecular weight is 525 g/mol. The molecule has 1 rings (SSSR count). The monoisotopic (exact) mass is 524 g/mol. The van der Waals surface area contributed by atoms with E-state index in [2.05, 4.69) is 13.0 Å². The summed E-state index contributed by atoms with van der Waals surface area (Å²) >= 11 is 0. The summed E-state index contributed by atoms with van der Waals surface area (Å²) in [5, 5.41) is -1.02. The second-order valence-electron chi connectivity index (χ2n) is 8.21. The highest BCUT2D eigenvalue weighted by Gasteiger charge is 2.50. The van der Waals surface area contributed by atoms with Gasteiger partial charge in [0.1, 0.15) is 0 Å². The fourth-order valence-electron chi connectivity index (χ4n) is 3.65. The second kappa shape index (κ2) is 17.2. The lowest BCUT2D eigenvalue weighted by Crippen LogP contribution is -2.22. The molecule has 1 unspecified atom stereocenters. The Bertz CT molecular complexity index is 666. The van der Waals surface area contributed by atoms with Crippen LogP contribution in [0.5, 0.6) is 0 Å². The van der Waals surface area contributed by atoms with Gasteiger partial charge in [-0.25, -0.2) is 0 Å². The quantitative estimate of drug-likeness (QED) is 0.135. The molecular formula is C24H46O8P2. The minimum absolute atomic E-state index is 0.0894. The van der Waals surface area contributed by atoms with Gasteiger partial charge in [-0.15, -0.1) is 0 Å². The highest BCUT2D eigenvalue weighted by atomic mass is 31.2. The summed E-state index contributed by atoms with van der Waals surface area (Å²) < 4.78 is 60.7. The molecule has 1 aliphatic heterocycles. The molecule has 10 heteroatoms. The van der Waals surface area contributed by atoms with Crippen molar-refractivity contribution in [3.05, 3.63) is 23.3 Å². The van der Waals surface area contributed by atoms with Gasteiger partial charge in [-0.05, 0) is 80.1 Å². The lowest BCUT2D eigenvalue weighted by atomic mass is 10.1. The van der Waals surface area contributed by atoms with E-state index in [1.807, 2.05) is 13.0 Å². The van der Waals surface area contributed by atoms with E-state index in [4.69, 9.17) is 27.6 Å². The lowest BCUT2D eigenvalue weighted by molar-refractivity contribution is -0.156. The van der Waals surface area contributed by atoms with Gasteiger partial charge < -0.3 is 27.6 Å². The molecule has 1 heterocycles. The van der Waals surface area contributed by atoms with Gasteiger partial charge in [-0.3, -0.25) is 9.13 Å². The van der Waals surface area contributed by atoms with Crippen LogP contribution in [0.3, 0.4) is 0 Å². The van der Waals surface area contributed by atoms with Crippen LogP contribution in [0.1, 0.15) is 80.1 Å². The van der Waals surface area contributed by atoms with Crippen LogP contribution < -0.4 is 0 Å². The molecule has 34 heavy (non-hydrogen) atoms. The van der Waals surface area contributed by atoms with E-state index >= 15 is 0 Å². The molecule has 0 saturated carbocycles. The molecule has 0 aromatic heterocycles. The Labute approximate surface area is 206 Å². The van der Waals surface area contributed by atoms with Crippen molar-refractivity contribution in [1.82, 2.24) is 0 Å². The van der Waals surface area contributed by atoms with Gasteiger partial charge >= 0.3 is 15.2 Å². The van der Waals surface area contributed by atoms with Crippen LogP contribution in [0.4, 0.5) is 0 Å². The maximum absolute atomic E-state index is 13.6. The third-order valence-corrected chi connectivity index (χ3v) is 11.4. The van der Waals surface area contributed by atoms with Crippen molar-refractivity contribution in [3.63, 3.8) is 0 Å². The van der Waals surface area contributed by atoms with E-state index < -0.39 is 20.6 Å². The number of ether oxygens (including phenoxy) is 2. The molecule has 1 fully saturated rings. The maximum Gasteiger partial charge on any atom is 0.346 e. The molecule has 0 amide bonds. The number of rotatable bonds is 18. The van der Waals surface area contributed by atoms with Gasteiger partial charge in [0.2, 0.25) is 0 Å². The fraction of sp³-hybridized carbons (Fsp3) is 0.833. The van der Waals surface area contributed by atoms with E-state index in [0.717, 1.165) is 49.9 Å². The first-order chi connectivity index (χ1) is 16.2. The lowest BCUT2D eigenvalue weighted by Gasteiger charge is -2.30. The first-order valence-corrected chi connectivity index (χ1v) is 15.8. The SMILES string of the molecule is CCOP(=O)(OCC)C(C/C=C(\C)CC/C=C(\C)COC1CCCCO1)P(=O)(OCC)OCC. The van der Waals surface area contributed by atoms with Gasteiger partial charge in [-0.2, -0.15) is 0 Å². The van der Waals surface area contributed by atoms with Crippen molar-refractivity contribution in [2.75, 3.05) is 39.6 Å². The summed E-state index contributed by atoms with van der Waals surface area (Å²) in [6.07, 6.45) is 9.09. The highest BCUT2D eigenvalue weighted by Crippen LogP contribution is 2.71. The number of hydrogen-bond acceptors (Lipinski definition) is 8. The largest absolute Gasteiger partial charge is 0.353 e. The molecule has 0 aliphatic carbocycles. The molecule has 1 saturated heterocycles. The summed E-state index contributed by atoms with van der Waals surface area (Å²) in [6, 6.07) is 0. The van der Waals surface area contributed by atoms with Crippen molar-refractivity contribution >= 4 is 15.2 Å². The van der Waals surface area contributed by atoms with Gasteiger partial charge in [-0.1, -0.05) is 23.3 Å². The minimum atomic E-state index is -3.73. The zero-order chi connectivity index (χ0) is 25.5. The number of hydrogen-bond donors (Lipinski definition) is 0. The molecule has 0 aromatic carbocycles. The molecular weight excluding hydrogens is 478 g/mol. The molecule has 8 nitrogen and oxygen atoms in total. The van der Waals surface area contributed by atoms with Crippen LogP contribution in [0, 0.1) is 0 Å². The Morgan fingerprint density at radius 3 is 1.91 bits per heavy atom. The van der Waals surface area contributed by atoms with E-state index in [0.29, 0.717) is 6.61 Å². The number of allylic oxidation sites excluding steroid dienone is 3. The van der Waals surface area contributed by atoms with Crippen LogP contribution in [-0.4, -0.2) is 51.3 Å². The normalized spacial score (nSPS) is 18.6. The Hall–Kier alpha value is -0.300. The molecule has 1 atom stereocenters. The first kappa shape index (κ1) is 31.7. The van der Waals surface area contributed by atoms with Crippen LogP contribution in [0.2, 0.25) is 0 Å². The Balaban J connectivity index is 2.82. The summed E-state index contributed by atoms with van der Waals surface area (Å²) in [6.45, 7) is 13.0. The fourth-order valence-corrected chi connectivity index (χ4v) is 8.84. The van der Waals surface area contributed by atoms with Gasteiger partial charge in [0.25, 0.3) is 0 Å². The smallest absolute Gasteiger partial charge is 0.346 e. The summed E-state index contributed by atoms with van der Waals surface area (Å²) in [5.74, 6) is 0. The minimum Gasteiger partial charge on any atom is -0.353 e. The predicted octanol–water partition coefficient (Wildman–Crippen LogP) is 7.45. The van der Waals surface area contributed by atoms with Crippen LogP contribution in [0.15, 0.2) is 23.3 Å². The van der Waals surface area contributed by atoms with Gasteiger partial charge in [0.05, 0.1) is 33.0 Å². The Kier molecular flexibility index (Phi) is 16.1. The van der Waals surface area contributed by atoms with Gasteiger partial charge in [0, 0.05) is 6.61 Å². The summed E-state index contributed by atoms with van der Waals surface area (Å²) in [7, 11) is -7.46. The topological polar surface area (TPSA) is 89.5 Å². The van der Waals surface area contributed by atoms with Crippen molar-refractivity contribution in [2.45, 2.75) is 91.8 Å². The second-order valence-corrected chi connectivity index (χ2v) is 13.1. The van der Waals surface area contributed by atoms with Crippen LogP contribution in [-0.2, 0) is 36.7 Å². The third-order valence-electron chi connectivity index (χ3n) is 5.31. The van der Waals surface area contributed by atoms with Gasteiger partial charge in [0.15, 0.2) is 11.7 Å². The highest BCUT2D eigenvalue weighted by molar-refractivity contribution is 7.72. The van der Waals surface area contributed by atoms with Crippen LogP contribution in [0.25, 0.3) is 0 Å². The van der Waals surface area contributed by atoms with E-state index in [1.165, 1.54) is 0 Å². The first-order valence-electron chi connectivity index (χ1n) is 12.6. The van der Waals surface area contributed by atoms with Crippen molar-refractivity contribution in [3.8, 4) is 0 Å². The average Bonchev–Trinajstić information content (AvgIpc) is 2.79. The van der Waals surface area contributed by atoms with E-state index in [-0.39, 0.29) is 39.1 Å². The van der Waals surface area contributed by atoms with Crippen molar-refractivity contribution < 1.29 is 36.7 Å². The zero-order valence-electron chi connectivity index (χ0n) is 22.0. The Morgan fingerprint density at radius 1 is 0.882 bits per heavy atom. The molecule has 0 spiro atoms. The standard InChI is InChI=1S/C24H46O8P2/c1-7-29-33(25,30-8-2)24(34(26,31-9-3)32-10-4)18-17-21(5)14-13-15-22(6)20-28-23-16-11-12-19-27-23/h15,17,23-24H,7-14,16,18-20H2,1-6H3/b21-17+,22-15+. The maximum atomic E-state index is 13.6. The Morgan fingerprint density at radius 2 is 1.44 bits per heavy atom. The molecule has 200 valence electrons. The molecule has 1 aliphatic rings. The summed E-state index contributed by atoms with van der Waals surface area (Å²) in [4.78, 5) is 0. The van der Waals surface area contributed by atoms with Crippen molar-refractivity contribution in [2.24, 2.45) is 0 Å². The molecule has 0 aromatic rings. The predicted molar refractivity (Wildman–Crippen MR) is 136 cm³/mol. The van der Waals surface area contributed by atoms with E-state index in [1.54, 1.807) is 27.7 Å². The third kappa shape index (κ3) is 11.2. The molecule has 0 radical (unpaired) electrons.